The van der Waals surface area contributed by atoms with Crippen LogP contribution in [0.4, 0.5) is 10.2 Å². The first-order chi connectivity index (χ1) is 14.5. The van der Waals surface area contributed by atoms with Gasteiger partial charge in [0, 0.05) is 23.7 Å². The highest BCUT2D eigenvalue weighted by atomic mass is 32.2. The third-order valence-corrected chi connectivity index (χ3v) is 5.95. The van der Waals surface area contributed by atoms with Crippen LogP contribution in [0.5, 0.6) is 22.4 Å². The van der Waals surface area contributed by atoms with Crippen LogP contribution in [0, 0.1) is 0 Å². The van der Waals surface area contributed by atoms with Crippen molar-refractivity contribution < 1.29 is 31.5 Å². The number of rotatable bonds is 8. The van der Waals surface area contributed by atoms with Gasteiger partial charge in [0.2, 0.25) is 6.86 Å². The molecule has 1 N–H and O–H groups in total. The Morgan fingerprint density at radius 3 is 2.80 bits per heavy atom. The van der Waals surface area contributed by atoms with Gasteiger partial charge in [-0.05, 0) is 12.1 Å². The first kappa shape index (κ1) is 19.9. The lowest BCUT2D eigenvalue weighted by Crippen LogP contribution is -2.14. The molecular formula is C18H14FN3O6S2. The second kappa shape index (κ2) is 8.16. The van der Waals surface area contributed by atoms with Crippen LogP contribution >= 0.6 is 11.3 Å². The van der Waals surface area contributed by atoms with E-state index in [1.54, 1.807) is 23.7 Å². The summed E-state index contributed by atoms with van der Waals surface area (Å²) in [5, 5.41) is 5.99. The van der Waals surface area contributed by atoms with Gasteiger partial charge in [-0.1, -0.05) is 28.6 Å². The Hall–Kier alpha value is -3.38. The molecule has 12 heteroatoms. The van der Waals surface area contributed by atoms with E-state index < -0.39 is 16.9 Å². The lowest BCUT2D eigenvalue weighted by molar-refractivity contribution is 0.193. The number of nitrogens with one attached hydrogen (secondary N) is 1. The first-order valence-electron chi connectivity index (χ1n) is 8.37. The van der Waals surface area contributed by atoms with E-state index in [2.05, 4.69) is 14.9 Å². The molecule has 0 unspecified atom stereocenters. The first-order valence-corrected chi connectivity index (χ1v) is 10.7. The number of thiazole rings is 1. The SMILES string of the molecule is COc1ccccc1S(=O)(=O)Nc1noc2cc(Oc3nccs3)cc(OCF)c12. The average Bonchev–Trinajstić information content (AvgIpc) is 3.38. The van der Waals surface area contributed by atoms with Crippen LogP contribution in [0.2, 0.25) is 0 Å². The summed E-state index contributed by atoms with van der Waals surface area (Å²) in [5.41, 5.74) is 0.130. The number of methoxy groups -OCH3 is 1. The van der Waals surface area contributed by atoms with Gasteiger partial charge >= 0.3 is 0 Å². The number of anilines is 1. The van der Waals surface area contributed by atoms with Crippen molar-refractivity contribution in [2.24, 2.45) is 0 Å². The zero-order chi connectivity index (χ0) is 21.1. The molecule has 0 aliphatic carbocycles. The van der Waals surface area contributed by atoms with Gasteiger partial charge in [0.25, 0.3) is 15.2 Å². The predicted octanol–water partition coefficient (Wildman–Crippen LogP) is 4.19. The second-order valence-corrected chi connectivity index (χ2v) is 8.24. The van der Waals surface area contributed by atoms with Crippen molar-refractivity contribution in [1.82, 2.24) is 10.1 Å². The Morgan fingerprint density at radius 2 is 2.07 bits per heavy atom. The fourth-order valence-corrected chi connectivity index (χ4v) is 4.38. The number of fused-ring (bicyclic) bond motifs is 1. The Labute approximate surface area is 174 Å². The summed E-state index contributed by atoms with van der Waals surface area (Å²) in [5.74, 6) is 0.231. The molecule has 2 aromatic carbocycles. The van der Waals surface area contributed by atoms with Crippen LogP contribution < -0.4 is 18.9 Å². The van der Waals surface area contributed by atoms with Crippen molar-refractivity contribution in [3.05, 3.63) is 48.0 Å². The van der Waals surface area contributed by atoms with Crippen LogP contribution in [0.15, 0.2) is 57.4 Å². The molecule has 156 valence electrons. The molecule has 30 heavy (non-hydrogen) atoms. The van der Waals surface area contributed by atoms with Crippen LogP contribution in [-0.4, -0.2) is 32.5 Å². The number of aromatic nitrogens is 2. The van der Waals surface area contributed by atoms with E-state index in [0.717, 1.165) is 0 Å². The Balaban J connectivity index is 1.74. The van der Waals surface area contributed by atoms with Crippen LogP contribution in [-0.2, 0) is 10.0 Å². The molecule has 0 aliphatic heterocycles. The molecule has 0 saturated heterocycles. The molecule has 0 amide bonds. The molecule has 0 spiro atoms. The van der Waals surface area contributed by atoms with Gasteiger partial charge in [-0.2, -0.15) is 0 Å². The van der Waals surface area contributed by atoms with Gasteiger partial charge < -0.3 is 18.7 Å². The second-order valence-electron chi connectivity index (χ2n) is 5.74. The number of alkyl halides is 1. The minimum absolute atomic E-state index is 0.0134. The van der Waals surface area contributed by atoms with Gasteiger partial charge in [0.05, 0.1) is 7.11 Å². The van der Waals surface area contributed by atoms with Gasteiger partial charge in [-0.3, -0.25) is 4.72 Å². The van der Waals surface area contributed by atoms with E-state index in [9.17, 15) is 12.8 Å². The molecule has 0 bridgehead atoms. The van der Waals surface area contributed by atoms with E-state index in [4.69, 9.17) is 18.7 Å². The molecule has 9 nitrogen and oxygen atoms in total. The molecule has 0 radical (unpaired) electrons. The van der Waals surface area contributed by atoms with Crippen molar-refractivity contribution in [3.63, 3.8) is 0 Å². The zero-order valence-corrected chi connectivity index (χ0v) is 17.0. The number of nitrogens with zero attached hydrogens (tertiary/aromatic N) is 2. The number of para-hydroxylation sites is 1. The molecule has 2 heterocycles. The normalized spacial score (nSPS) is 11.4. The average molecular weight is 451 g/mol. The van der Waals surface area contributed by atoms with Crippen molar-refractivity contribution in [2.75, 3.05) is 18.7 Å². The van der Waals surface area contributed by atoms with E-state index >= 15 is 0 Å². The number of benzene rings is 2. The molecule has 2 aromatic heterocycles. The maximum absolute atomic E-state index is 13.0. The number of hydrogen-bond donors (Lipinski definition) is 1. The molecule has 4 rings (SSSR count). The van der Waals surface area contributed by atoms with Crippen molar-refractivity contribution in [3.8, 4) is 22.4 Å². The summed E-state index contributed by atoms with van der Waals surface area (Å²) >= 11 is 1.26. The van der Waals surface area contributed by atoms with Crippen molar-refractivity contribution in [2.45, 2.75) is 4.90 Å². The van der Waals surface area contributed by atoms with Crippen LogP contribution in [0.1, 0.15) is 0 Å². The standard InChI is InChI=1S/C18H14FN3O6S2/c1-25-12-4-2-3-5-15(12)30(23,24)22-17-16-13(26-10-19)8-11(9-14(16)28-21-17)27-18-20-6-7-29-18/h2-9H,10H2,1H3,(H,21,22). The topological polar surface area (TPSA) is 113 Å². The summed E-state index contributed by atoms with van der Waals surface area (Å²) in [6, 6.07) is 8.94. The number of sulfonamides is 1. The lowest BCUT2D eigenvalue weighted by Gasteiger charge is -2.11. The van der Waals surface area contributed by atoms with E-state index in [-0.39, 0.29) is 38.9 Å². The minimum atomic E-state index is -4.09. The van der Waals surface area contributed by atoms with E-state index in [1.165, 1.54) is 42.7 Å². The smallest absolute Gasteiger partial charge is 0.278 e. The largest absolute Gasteiger partial charge is 0.495 e. The molecular weight excluding hydrogens is 437 g/mol. The van der Waals surface area contributed by atoms with Gasteiger partial charge in [-0.25, -0.2) is 17.8 Å². The molecule has 0 atom stereocenters. The Morgan fingerprint density at radius 1 is 1.23 bits per heavy atom. The number of halogens is 1. The Kier molecular flexibility index (Phi) is 5.42. The van der Waals surface area contributed by atoms with Crippen molar-refractivity contribution >= 4 is 38.1 Å². The monoisotopic (exact) mass is 451 g/mol. The zero-order valence-electron chi connectivity index (χ0n) is 15.4. The van der Waals surface area contributed by atoms with Crippen LogP contribution in [0.25, 0.3) is 11.0 Å². The summed E-state index contributed by atoms with van der Waals surface area (Å²) in [6.45, 7) is -1.15. The summed E-state index contributed by atoms with van der Waals surface area (Å²) in [6.07, 6.45) is 1.57. The number of ether oxygens (including phenoxy) is 3. The Bertz CT molecular complexity index is 1270. The summed E-state index contributed by atoms with van der Waals surface area (Å²) in [4.78, 5) is 3.91. The minimum Gasteiger partial charge on any atom is -0.495 e. The van der Waals surface area contributed by atoms with Crippen LogP contribution in [0.3, 0.4) is 0 Å². The highest BCUT2D eigenvalue weighted by Gasteiger charge is 2.24. The third kappa shape index (κ3) is 3.86. The maximum atomic E-state index is 13.0. The van der Waals surface area contributed by atoms with E-state index in [1.807, 2.05) is 0 Å². The quantitative estimate of drug-likeness (QED) is 0.424. The van der Waals surface area contributed by atoms with Crippen molar-refractivity contribution in [1.29, 1.82) is 0 Å². The maximum Gasteiger partial charge on any atom is 0.278 e. The van der Waals surface area contributed by atoms with Gasteiger partial charge in [-0.15, -0.1) is 0 Å². The summed E-state index contributed by atoms with van der Waals surface area (Å²) < 4.78 is 61.9. The molecule has 0 saturated carbocycles. The fourth-order valence-electron chi connectivity index (χ4n) is 2.70. The summed E-state index contributed by atoms with van der Waals surface area (Å²) in [7, 11) is -2.73. The van der Waals surface area contributed by atoms with Gasteiger partial charge in [0.15, 0.2) is 11.4 Å². The predicted molar refractivity (Wildman–Crippen MR) is 107 cm³/mol. The molecule has 4 aromatic rings. The lowest BCUT2D eigenvalue weighted by atomic mass is 10.2. The van der Waals surface area contributed by atoms with E-state index in [0.29, 0.717) is 5.19 Å². The fraction of sp³-hybridized carbons (Fsp3) is 0.111. The number of hydrogen-bond acceptors (Lipinski definition) is 9. The third-order valence-electron chi connectivity index (χ3n) is 3.93. The molecule has 0 fully saturated rings. The van der Waals surface area contributed by atoms with Gasteiger partial charge in [0.1, 0.15) is 27.5 Å². The molecule has 0 aliphatic rings. The highest BCUT2D eigenvalue weighted by molar-refractivity contribution is 7.92. The highest BCUT2D eigenvalue weighted by Crippen LogP contribution is 2.39.